The summed E-state index contributed by atoms with van der Waals surface area (Å²) >= 11 is 5.97. The molecule has 15 heavy (non-hydrogen) atoms. The average Bonchev–Trinajstić information content (AvgIpc) is 2.40. The molecular weight excluding hydrogens is 216 g/mol. The maximum atomic E-state index is 11.6. The molecular formula is C10H11ClN2O2. The fourth-order valence-electron chi connectivity index (χ4n) is 1.51. The molecule has 0 radical (unpaired) electrons. The highest BCUT2D eigenvalue weighted by molar-refractivity contribution is 6.32. The van der Waals surface area contributed by atoms with E-state index in [4.69, 9.17) is 16.3 Å². The molecule has 0 aliphatic carbocycles. The predicted octanol–water partition coefficient (Wildman–Crippen LogP) is 1.50. The van der Waals surface area contributed by atoms with Crippen molar-refractivity contribution in [2.75, 3.05) is 25.5 Å². The van der Waals surface area contributed by atoms with E-state index in [9.17, 15) is 4.79 Å². The molecule has 0 bridgehead atoms. The molecule has 0 saturated heterocycles. The van der Waals surface area contributed by atoms with Crippen LogP contribution in [0.2, 0.25) is 5.02 Å². The molecule has 1 aliphatic rings. The van der Waals surface area contributed by atoms with Gasteiger partial charge in [0.15, 0.2) is 0 Å². The Bertz CT molecular complexity index is 407. The molecule has 0 atom stereocenters. The molecule has 2 N–H and O–H groups in total. The smallest absolute Gasteiger partial charge is 0.253 e. The van der Waals surface area contributed by atoms with Crippen molar-refractivity contribution in [1.29, 1.82) is 0 Å². The Morgan fingerprint density at radius 1 is 1.33 bits per heavy atom. The van der Waals surface area contributed by atoms with E-state index in [0.29, 0.717) is 29.4 Å². The van der Waals surface area contributed by atoms with E-state index < -0.39 is 0 Å². The highest BCUT2D eigenvalue weighted by Crippen LogP contribution is 2.31. The summed E-state index contributed by atoms with van der Waals surface area (Å²) in [6.45, 7) is 1.30. The lowest BCUT2D eigenvalue weighted by atomic mass is 10.1. The van der Waals surface area contributed by atoms with E-state index in [1.165, 1.54) is 7.11 Å². The normalized spacial score (nSPS) is 14.7. The van der Waals surface area contributed by atoms with E-state index in [2.05, 4.69) is 10.6 Å². The Morgan fingerprint density at radius 3 is 2.80 bits per heavy atom. The number of carbonyl (C=O) groups excluding carboxylic acids is 1. The number of hydrogen-bond acceptors (Lipinski definition) is 3. The summed E-state index contributed by atoms with van der Waals surface area (Å²) < 4.78 is 5.06. The summed E-state index contributed by atoms with van der Waals surface area (Å²) in [6, 6.07) is 3.35. The molecule has 0 fully saturated rings. The fourth-order valence-corrected chi connectivity index (χ4v) is 1.75. The van der Waals surface area contributed by atoms with Crippen molar-refractivity contribution >= 4 is 23.2 Å². The number of halogens is 1. The fraction of sp³-hybridized carbons (Fsp3) is 0.300. The molecule has 1 heterocycles. The Balaban J connectivity index is 2.52. The number of amides is 1. The van der Waals surface area contributed by atoms with Gasteiger partial charge in [0.25, 0.3) is 5.91 Å². The second kappa shape index (κ2) is 3.98. The van der Waals surface area contributed by atoms with Gasteiger partial charge in [-0.2, -0.15) is 0 Å². The molecule has 0 spiro atoms. The predicted molar refractivity (Wildman–Crippen MR) is 58.8 cm³/mol. The first-order valence-electron chi connectivity index (χ1n) is 4.62. The molecule has 0 unspecified atom stereocenters. The molecule has 1 aliphatic heterocycles. The van der Waals surface area contributed by atoms with Gasteiger partial charge in [-0.05, 0) is 12.1 Å². The van der Waals surface area contributed by atoms with Crippen molar-refractivity contribution in [3.63, 3.8) is 0 Å². The minimum Gasteiger partial charge on any atom is -0.495 e. The van der Waals surface area contributed by atoms with Crippen molar-refractivity contribution in [3.05, 3.63) is 22.7 Å². The van der Waals surface area contributed by atoms with E-state index in [1.807, 2.05) is 0 Å². The first-order valence-corrected chi connectivity index (χ1v) is 5.00. The highest BCUT2D eigenvalue weighted by atomic mass is 35.5. The second-order valence-corrected chi connectivity index (χ2v) is 3.62. The van der Waals surface area contributed by atoms with Crippen LogP contribution < -0.4 is 15.4 Å². The molecule has 0 aromatic heterocycles. The van der Waals surface area contributed by atoms with E-state index in [1.54, 1.807) is 12.1 Å². The van der Waals surface area contributed by atoms with Gasteiger partial charge in [0.2, 0.25) is 0 Å². The van der Waals surface area contributed by atoms with Gasteiger partial charge in [0.05, 0.1) is 17.7 Å². The third kappa shape index (κ3) is 1.85. The maximum Gasteiger partial charge on any atom is 0.253 e. The van der Waals surface area contributed by atoms with Crippen LogP contribution in [0.1, 0.15) is 10.4 Å². The Hall–Kier alpha value is -1.42. The van der Waals surface area contributed by atoms with Crippen molar-refractivity contribution in [2.45, 2.75) is 0 Å². The lowest BCUT2D eigenvalue weighted by Gasteiger charge is -2.09. The van der Waals surface area contributed by atoms with E-state index in [0.717, 1.165) is 5.69 Å². The maximum absolute atomic E-state index is 11.6. The molecule has 1 aromatic rings. The van der Waals surface area contributed by atoms with Gasteiger partial charge in [0.1, 0.15) is 5.75 Å². The SMILES string of the molecule is COc1cc2c(cc1Cl)NCCNC2=O. The third-order valence-electron chi connectivity index (χ3n) is 2.26. The number of methoxy groups -OCH3 is 1. The Labute approximate surface area is 92.6 Å². The number of nitrogens with one attached hydrogen (secondary N) is 2. The average molecular weight is 227 g/mol. The quantitative estimate of drug-likeness (QED) is 0.763. The molecule has 1 amide bonds. The Morgan fingerprint density at radius 2 is 2.07 bits per heavy atom. The van der Waals surface area contributed by atoms with Crippen LogP contribution in [0, 0.1) is 0 Å². The molecule has 80 valence electrons. The van der Waals surface area contributed by atoms with Crippen LogP contribution in [-0.4, -0.2) is 26.1 Å². The standard InChI is InChI=1S/C10H11ClN2O2/c1-15-9-4-6-8(5-7(9)11)12-2-3-13-10(6)14/h4-5,12H,2-3H2,1H3,(H,13,14). The summed E-state index contributed by atoms with van der Waals surface area (Å²) in [4.78, 5) is 11.6. The van der Waals surface area contributed by atoms with Gasteiger partial charge in [-0.1, -0.05) is 11.6 Å². The zero-order valence-corrected chi connectivity index (χ0v) is 9.02. The van der Waals surface area contributed by atoms with Crippen molar-refractivity contribution < 1.29 is 9.53 Å². The molecule has 2 rings (SSSR count). The van der Waals surface area contributed by atoms with Crippen LogP contribution in [0.25, 0.3) is 0 Å². The summed E-state index contributed by atoms with van der Waals surface area (Å²) in [5.41, 5.74) is 1.31. The monoisotopic (exact) mass is 226 g/mol. The van der Waals surface area contributed by atoms with Crippen LogP contribution in [0.4, 0.5) is 5.69 Å². The first-order chi connectivity index (χ1) is 7.22. The van der Waals surface area contributed by atoms with Crippen molar-refractivity contribution in [1.82, 2.24) is 5.32 Å². The first kappa shape index (κ1) is 10.1. The minimum atomic E-state index is -0.107. The Kier molecular flexibility index (Phi) is 2.68. The number of hydrogen-bond donors (Lipinski definition) is 2. The summed E-state index contributed by atoms with van der Waals surface area (Å²) in [5.74, 6) is 0.402. The third-order valence-corrected chi connectivity index (χ3v) is 2.56. The molecule has 0 saturated carbocycles. The topological polar surface area (TPSA) is 50.4 Å². The van der Waals surface area contributed by atoms with Gasteiger partial charge in [-0.3, -0.25) is 4.79 Å². The van der Waals surface area contributed by atoms with Gasteiger partial charge >= 0.3 is 0 Å². The number of anilines is 1. The van der Waals surface area contributed by atoms with E-state index in [-0.39, 0.29) is 5.91 Å². The van der Waals surface area contributed by atoms with Gasteiger partial charge in [-0.15, -0.1) is 0 Å². The number of fused-ring (bicyclic) bond motifs is 1. The number of rotatable bonds is 1. The number of carbonyl (C=O) groups is 1. The van der Waals surface area contributed by atoms with Crippen molar-refractivity contribution in [3.8, 4) is 5.75 Å². The van der Waals surface area contributed by atoms with Crippen LogP contribution in [0.15, 0.2) is 12.1 Å². The highest BCUT2D eigenvalue weighted by Gasteiger charge is 2.17. The molecule has 4 nitrogen and oxygen atoms in total. The van der Waals surface area contributed by atoms with Gasteiger partial charge < -0.3 is 15.4 Å². The summed E-state index contributed by atoms with van der Waals surface area (Å²) in [6.07, 6.45) is 0. The largest absolute Gasteiger partial charge is 0.495 e. The number of ether oxygens (including phenoxy) is 1. The number of benzene rings is 1. The lowest BCUT2D eigenvalue weighted by Crippen LogP contribution is -2.24. The zero-order valence-electron chi connectivity index (χ0n) is 8.26. The zero-order chi connectivity index (χ0) is 10.8. The van der Waals surface area contributed by atoms with Crippen LogP contribution in [0.5, 0.6) is 5.75 Å². The van der Waals surface area contributed by atoms with Gasteiger partial charge in [-0.25, -0.2) is 0 Å². The van der Waals surface area contributed by atoms with Crippen molar-refractivity contribution in [2.24, 2.45) is 0 Å². The van der Waals surface area contributed by atoms with Gasteiger partial charge in [0, 0.05) is 18.8 Å². The minimum absolute atomic E-state index is 0.107. The second-order valence-electron chi connectivity index (χ2n) is 3.22. The lowest BCUT2D eigenvalue weighted by molar-refractivity contribution is 0.0957. The van der Waals surface area contributed by atoms with E-state index >= 15 is 0 Å². The van der Waals surface area contributed by atoms with Crippen LogP contribution in [-0.2, 0) is 0 Å². The van der Waals surface area contributed by atoms with Crippen LogP contribution >= 0.6 is 11.6 Å². The molecule has 1 aromatic carbocycles. The summed E-state index contributed by atoms with van der Waals surface area (Å²) in [7, 11) is 1.52. The van der Waals surface area contributed by atoms with Crippen LogP contribution in [0.3, 0.4) is 0 Å². The summed E-state index contributed by atoms with van der Waals surface area (Å²) in [5, 5.41) is 6.39. The molecule has 5 heteroatoms.